The largest absolute Gasteiger partial charge is 0.358 e. The first-order valence-corrected chi connectivity index (χ1v) is 4.46. The lowest BCUT2D eigenvalue weighted by molar-refractivity contribution is -0.491. The summed E-state index contributed by atoms with van der Waals surface area (Å²) >= 11 is 0. The van der Waals surface area contributed by atoms with E-state index < -0.39 is 21.3 Å². The maximum absolute atomic E-state index is 10.2. The molecule has 0 bridgehead atoms. The Kier molecular flexibility index (Phi) is 3.27. The summed E-state index contributed by atoms with van der Waals surface area (Å²) in [7, 11) is 0. The summed E-state index contributed by atoms with van der Waals surface area (Å²) in [5.74, 6) is 0. The number of tetrazole rings is 2. The number of hydrogen-bond donors (Lipinski definition) is 4. The van der Waals surface area contributed by atoms with Gasteiger partial charge in [-0.15, -0.1) is 9.58 Å². The molecule has 2 rings (SSSR count). The highest BCUT2D eigenvalue weighted by molar-refractivity contribution is 4.70. The Morgan fingerprint density at radius 3 is 1.70 bits per heavy atom. The molecule has 0 radical (unpaired) electrons. The van der Waals surface area contributed by atoms with Crippen LogP contribution in [-0.4, -0.2) is 50.7 Å². The maximum Gasteiger partial charge on any atom is 0.358 e. The fourth-order valence-corrected chi connectivity index (χ4v) is 0.928. The van der Waals surface area contributed by atoms with Gasteiger partial charge in [-0.1, -0.05) is 10.2 Å². The molecule has 0 fully saturated rings. The van der Waals surface area contributed by atoms with Crippen LogP contribution in [0.2, 0.25) is 0 Å². The van der Waals surface area contributed by atoms with E-state index in [0.29, 0.717) is 0 Å². The minimum absolute atomic E-state index is 0.427. The summed E-state index contributed by atoms with van der Waals surface area (Å²) < 4.78 is 0. The quantitative estimate of drug-likeness (QED) is 0.303. The molecule has 0 spiro atoms. The van der Waals surface area contributed by atoms with Crippen LogP contribution in [0.25, 0.3) is 0 Å². The van der Waals surface area contributed by atoms with Crippen LogP contribution in [0.5, 0.6) is 0 Å². The molecule has 0 saturated carbocycles. The summed E-state index contributed by atoms with van der Waals surface area (Å²) in [6, 6.07) is 0. The second-order valence-corrected chi connectivity index (χ2v) is 2.77. The van der Waals surface area contributed by atoms with E-state index in [2.05, 4.69) is 52.3 Å². The van der Waals surface area contributed by atoms with E-state index in [1.807, 2.05) is 0 Å². The molecule has 0 saturated heterocycles. The van der Waals surface area contributed by atoms with Crippen molar-refractivity contribution in [3.05, 3.63) is 31.5 Å². The van der Waals surface area contributed by atoms with Gasteiger partial charge in [0.15, 0.2) is 10.1 Å². The molecular weight excluding hydrogens is 284 g/mol. The van der Waals surface area contributed by atoms with Crippen molar-refractivity contribution in [1.29, 1.82) is 0 Å². The molecule has 0 amide bonds. The van der Waals surface area contributed by atoms with Gasteiger partial charge in [-0.05, 0) is 10.4 Å². The predicted molar refractivity (Wildman–Crippen MR) is 52.6 cm³/mol. The monoisotopic (exact) mass is 288 g/mol. The Bertz CT molecular complexity index is 675. The van der Waals surface area contributed by atoms with Gasteiger partial charge in [-0.25, -0.2) is 31.3 Å². The molecule has 2 aromatic rings. The topological polar surface area (TPSA) is 228 Å². The van der Waals surface area contributed by atoms with Gasteiger partial charge in [0.25, 0.3) is 0 Å². The molecule has 18 heteroatoms. The first kappa shape index (κ1) is 12.6. The molecule has 18 nitrogen and oxygen atoms in total. The summed E-state index contributed by atoms with van der Waals surface area (Å²) in [5, 5.41) is 41.6. The normalized spacial score (nSPS) is 12.4. The highest BCUT2D eigenvalue weighted by Gasteiger charge is 2.04. The van der Waals surface area contributed by atoms with Crippen molar-refractivity contribution in [2.24, 2.45) is 10.2 Å². The zero-order valence-electron chi connectivity index (χ0n) is 9.11. The zero-order valence-corrected chi connectivity index (χ0v) is 9.11. The minimum atomic E-state index is -0.992. The van der Waals surface area contributed by atoms with Gasteiger partial charge in [0.05, 0.1) is 0 Å². The smallest absolute Gasteiger partial charge is 0.233 e. The fraction of sp³-hybridized carbons (Fsp3) is 0. The van der Waals surface area contributed by atoms with Crippen LogP contribution in [0, 0.1) is 20.2 Å². The first-order valence-electron chi connectivity index (χ1n) is 4.46. The molecule has 20 heavy (non-hydrogen) atoms. The van der Waals surface area contributed by atoms with Crippen LogP contribution in [0.4, 0.5) is 0 Å². The van der Waals surface area contributed by atoms with Crippen LogP contribution < -0.4 is 22.3 Å². The van der Waals surface area contributed by atoms with Crippen molar-refractivity contribution < 1.29 is 10.1 Å². The van der Waals surface area contributed by atoms with Gasteiger partial charge in [-0.2, -0.15) is 10.4 Å². The van der Waals surface area contributed by atoms with Crippen LogP contribution in [0.3, 0.4) is 0 Å². The van der Waals surface area contributed by atoms with E-state index in [0.717, 1.165) is 9.58 Å². The lowest BCUT2D eigenvalue weighted by Gasteiger charge is -2.06. The molecule has 0 aromatic carbocycles. The molecular formula is C2H4N14O4. The number of hydrogen-bond acceptors (Lipinski definition) is 10. The highest BCUT2D eigenvalue weighted by Crippen LogP contribution is 1.67. The first-order chi connectivity index (χ1) is 9.56. The molecule has 0 aliphatic rings. The third-order valence-corrected chi connectivity index (χ3v) is 1.58. The SMILES string of the molecule is O=[N+]([O-])/N=c1\nn[nH]n1NNn1[nH]nn/c1=N\[N+](=O)[O-]. The highest BCUT2D eigenvalue weighted by atomic mass is 16.7. The Labute approximate surface area is 105 Å². The van der Waals surface area contributed by atoms with Crippen LogP contribution >= 0.6 is 0 Å². The van der Waals surface area contributed by atoms with Gasteiger partial charge in [0, 0.05) is 0 Å². The van der Waals surface area contributed by atoms with E-state index in [9.17, 15) is 20.2 Å². The van der Waals surface area contributed by atoms with Crippen molar-refractivity contribution in [2.75, 3.05) is 11.1 Å². The number of nitro groups is 2. The zero-order chi connectivity index (χ0) is 14.5. The third kappa shape index (κ3) is 2.88. The van der Waals surface area contributed by atoms with Crippen molar-refractivity contribution in [3.8, 4) is 0 Å². The molecule has 0 aliphatic heterocycles. The number of aromatic amines is 2. The average molecular weight is 288 g/mol. The predicted octanol–water partition coefficient (Wildman–Crippen LogP) is -4.59. The average Bonchev–Trinajstić information content (AvgIpc) is 2.95. The maximum atomic E-state index is 10.2. The number of nitrogens with one attached hydrogen (secondary N) is 4. The number of nitrogens with zero attached hydrogens (tertiary/aromatic N) is 10. The van der Waals surface area contributed by atoms with E-state index in [1.54, 1.807) is 0 Å². The van der Waals surface area contributed by atoms with Gasteiger partial charge >= 0.3 is 11.2 Å². The molecule has 2 aromatic heterocycles. The summed E-state index contributed by atoms with van der Waals surface area (Å²) in [6.45, 7) is 0. The van der Waals surface area contributed by atoms with Crippen molar-refractivity contribution >= 4 is 0 Å². The molecule has 4 N–H and O–H groups in total. The number of H-pyrrole nitrogens is 2. The molecule has 0 unspecified atom stereocenters. The summed E-state index contributed by atoms with van der Waals surface area (Å²) in [5.41, 5.74) is 3.69. The Morgan fingerprint density at radius 2 is 1.35 bits per heavy atom. The van der Waals surface area contributed by atoms with Gasteiger partial charge in [0.1, 0.15) is 10.2 Å². The van der Waals surface area contributed by atoms with E-state index in [1.165, 1.54) is 0 Å². The minimum Gasteiger partial charge on any atom is -0.233 e. The third-order valence-electron chi connectivity index (χ3n) is 1.58. The summed E-state index contributed by atoms with van der Waals surface area (Å²) in [4.78, 5) is 22.0. The Morgan fingerprint density at radius 1 is 0.950 bits per heavy atom. The standard InChI is InChI=1S/C2H4N14O4/c17-15(18)5-1-3-7-9-13(1)11-12-14-2(4-8-10-14)6-16(19)20/h11-12H,(H,3,5,9)(H,4,6,10). The number of rotatable bonds is 5. The lowest BCUT2D eigenvalue weighted by Crippen LogP contribution is -2.41. The van der Waals surface area contributed by atoms with Gasteiger partial charge in [0.2, 0.25) is 0 Å². The van der Waals surface area contributed by atoms with E-state index in [-0.39, 0.29) is 0 Å². The molecule has 2 heterocycles. The van der Waals surface area contributed by atoms with Crippen molar-refractivity contribution in [2.45, 2.75) is 0 Å². The number of hydrazine groups is 1. The number of aromatic nitrogens is 8. The molecule has 106 valence electrons. The second-order valence-electron chi connectivity index (χ2n) is 2.77. The lowest BCUT2D eigenvalue weighted by atomic mass is 11.2. The van der Waals surface area contributed by atoms with Crippen LogP contribution in [0.15, 0.2) is 10.2 Å². The van der Waals surface area contributed by atoms with E-state index in [4.69, 9.17) is 0 Å². The molecule has 0 aliphatic carbocycles. The Balaban J connectivity index is 2.19. The fourth-order valence-electron chi connectivity index (χ4n) is 0.928. The Hall–Kier alpha value is -3.86. The van der Waals surface area contributed by atoms with Gasteiger partial charge < -0.3 is 0 Å². The van der Waals surface area contributed by atoms with Crippen LogP contribution in [-0.2, 0) is 0 Å². The molecule has 0 atom stereocenters. The van der Waals surface area contributed by atoms with Crippen molar-refractivity contribution in [1.82, 2.24) is 40.6 Å². The summed E-state index contributed by atoms with van der Waals surface area (Å²) in [6.07, 6.45) is 0. The van der Waals surface area contributed by atoms with Crippen molar-refractivity contribution in [3.63, 3.8) is 0 Å². The van der Waals surface area contributed by atoms with E-state index >= 15 is 0 Å². The van der Waals surface area contributed by atoms with Gasteiger partial charge in [-0.3, -0.25) is 0 Å². The van der Waals surface area contributed by atoms with Crippen LogP contribution in [0.1, 0.15) is 0 Å². The second kappa shape index (κ2) is 5.19.